The van der Waals surface area contributed by atoms with Gasteiger partial charge in [-0.15, -0.1) is 0 Å². The standard InChI is InChI=1S/C21H23N3O4/c25-19(16-4-2-5-16)24-18-6-1-3-15(11-18)13-23-21(28)22-12-14-7-9-17(10-8-14)20(26)27/h1,3,6-11,16H,2,4-5,12-13H2,(H,24,25)(H,26,27)(H2,22,23,28). The van der Waals surface area contributed by atoms with Gasteiger partial charge < -0.3 is 21.1 Å². The normalized spacial score (nSPS) is 13.3. The van der Waals surface area contributed by atoms with E-state index in [4.69, 9.17) is 5.11 Å². The molecule has 0 radical (unpaired) electrons. The number of aromatic carboxylic acids is 1. The van der Waals surface area contributed by atoms with E-state index < -0.39 is 5.97 Å². The van der Waals surface area contributed by atoms with E-state index >= 15 is 0 Å². The number of hydrogen-bond acceptors (Lipinski definition) is 3. The van der Waals surface area contributed by atoms with Crippen LogP contribution in [0, 0.1) is 5.92 Å². The minimum absolute atomic E-state index is 0.0584. The molecule has 1 aliphatic carbocycles. The minimum Gasteiger partial charge on any atom is -0.478 e. The number of carbonyl (C=O) groups excluding carboxylic acids is 2. The maximum absolute atomic E-state index is 12.0. The van der Waals surface area contributed by atoms with Crippen LogP contribution in [0.15, 0.2) is 48.5 Å². The second kappa shape index (κ2) is 9.03. The van der Waals surface area contributed by atoms with Gasteiger partial charge >= 0.3 is 12.0 Å². The van der Waals surface area contributed by atoms with Gasteiger partial charge in [-0.05, 0) is 48.2 Å². The van der Waals surface area contributed by atoms with Gasteiger partial charge in [0.1, 0.15) is 0 Å². The molecule has 7 heteroatoms. The Kier molecular flexibility index (Phi) is 6.26. The summed E-state index contributed by atoms with van der Waals surface area (Å²) in [6, 6.07) is 13.4. The summed E-state index contributed by atoms with van der Waals surface area (Å²) in [6.07, 6.45) is 3.01. The molecule has 4 N–H and O–H groups in total. The molecule has 146 valence electrons. The van der Waals surface area contributed by atoms with Gasteiger partial charge in [0.05, 0.1) is 5.56 Å². The van der Waals surface area contributed by atoms with Crippen LogP contribution in [-0.4, -0.2) is 23.0 Å². The lowest BCUT2D eigenvalue weighted by Crippen LogP contribution is -2.34. The van der Waals surface area contributed by atoms with Crippen molar-refractivity contribution in [1.29, 1.82) is 0 Å². The molecule has 1 aliphatic rings. The number of benzene rings is 2. The molecule has 0 aliphatic heterocycles. The van der Waals surface area contributed by atoms with Gasteiger partial charge in [-0.25, -0.2) is 9.59 Å². The molecule has 2 aromatic carbocycles. The van der Waals surface area contributed by atoms with Gasteiger partial charge in [0.15, 0.2) is 0 Å². The fourth-order valence-electron chi connectivity index (χ4n) is 2.87. The van der Waals surface area contributed by atoms with E-state index in [1.54, 1.807) is 12.1 Å². The van der Waals surface area contributed by atoms with Crippen molar-refractivity contribution < 1.29 is 19.5 Å². The Morgan fingerprint density at radius 3 is 2.21 bits per heavy atom. The number of amides is 3. The number of hydrogen-bond donors (Lipinski definition) is 4. The molecule has 0 atom stereocenters. The largest absolute Gasteiger partial charge is 0.478 e. The zero-order valence-electron chi connectivity index (χ0n) is 15.4. The minimum atomic E-state index is -0.983. The van der Waals surface area contributed by atoms with Crippen LogP contribution < -0.4 is 16.0 Å². The second-order valence-corrected chi connectivity index (χ2v) is 6.86. The van der Waals surface area contributed by atoms with E-state index in [-0.39, 0.29) is 23.4 Å². The fraction of sp³-hybridized carbons (Fsp3) is 0.286. The van der Waals surface area contributed by atoms with Crippen molar-refractivity contribution in [3.8, 4) is 0 Å². The first-order valence-electron chi connectivity index (χ1n) is 9.25. The van der Waals surface area contributed by atoms with Gasteiger partial charge in [0.2, 0.25) is 5.91 Å². The number of rotatable bonds is 7. The number of carboxylic acid groups (broad SMARTS) is 1. The maximum atomic E-state index is 12.0. The molecular weight excluding hydrogens is 358 g/mol. The Hall–Kier alpha value is -3.35. The predicted octanol–water partition coefficient (Wildman–Crippen LogP) is 3.12. The fourth-order valence-corrected chi connectivity index (χ4v) is 2.87. The molecule has 2 aromatic rings. The lowest BCUT2D eigenvalue weighted by atomic mass is 9.85. The van der Waals surface area contributed by atoms with Crippen molar-refractivity contribution in [2.45, 2.75) is 32.4 Å². The highest BCUT2D eigenvalue weighted by molar-refractivity contribution is 5.93. The molecule has 0 spiro atoms. The summed E-state index contributed by atoms with van der Waals surface area (Å²) in [5, 5.41) is 17.3. The van der Waals surface area contributed by atoms with Crippen molar-refractivity contribution >= 4 is 23.6 Å². The molecule has 0 bridgehead atoms. The van der Waals surface area contributed by atoms with E-state index in [2.05, 4.69) is 16.0 Å². The molecule has 7 nitrogen and oxygen atoms in total. The van der Waals surface area contributed by atoms with Gasteiger partial charge in [0, 0.05) is 24.7 Å². The lowest BCUT2D eigenvalue weighted by molar-refractivity contribution is -0.122. The Bertz CT molecular complexity index is 860. The third kappa shape index (κ3) is 5.33. The van der Waals surface area contributed by atoms with E-state index in [9.17, 15) is 14.4 Å². The molecular formula is C21H23N3O4. The SMILES string of the molecule is O=C(NCc1ccc(C(=O)O)cc1)NCc1cccc(NC(=O)C2CCC2)c1. The van der Waals surface area contributed by atoms with E-state index in [1.807, 2.05) is 24.3 Å². The summed E-state index contributed by atoms with van der Waals surface area (Å²) in [6.45, 7) is 0.625. The van der Waals surface area contributed by atoms with Crippen LogP contribution in [0.3, 0.4) is 0 Å². The van der Waals surface area contributed by atoms with Gasteiger partial charge in [0.25, 0.3) is 0 Å². The Morgan fingerprint density at radius 2 is 1.61 bits per heavy atom. The lowest BCUT2D eigenvalue weighted by Gasteiger charge is -2.24. The monoisotopic (exact) mass is 381 g/mol. The average Bonchev–Trinajstić information content (AvgIpc) is 2.64. The number of nitrogens with one attached hydrogen (secondary N) is 3. The van der Waals surface area contributed by atoms with E-state index in [0.717, 1.165) is 36.1 Å². The number of carboxylic acids is 1. The Balaban J connectivity index is 1.44. The van der Waals surface area contributed by atoms with Crippen molar-refractivity contribution in [2.75, 3.05) is 5.32 Å². The van der Waals surface area contributed by atoms with Crippen LogP contribution in [0.1, 0.15) is 40.7 Å². The van der Waals surface area contributed by atoms with Crippen LogP contribution in [0.25, 0.3) is 0 Å². The Morgan fingerprint density at radius 1 is 0.929 bits per heavy atom. The van der Waals surface area contributed by atoms with Crippen LogP contribution >= 0.6 is 0 Å². The first-order valence-corrected chi connectivity index (χ1v) is 9.25. The first-order chi connectivity index (χ1) is 13.5. The van der Waals surface area contributed by atoms with Crippen molar-refractivity contribution in [3.05, 3.63) is 65.2 Å². The second-order valence-electron chi connectivity index (χ2n) is 6.86. The molecule has 0 aromatic heterocycles. The van der Waals surface area contributed by atoms with Crippen molar-refractivity contribution in [2.24, 2.45) is 5.92 Å². The summed E-state index contributed by atoms with van der Waals surface area (Å²) < 4.78 is 0. The molecule has 1 fully saturated rings. The third-order valence-corrected chi connectivity index (χ3v) is 4.78. The van der Waals surface area contributed by atoms with E-state index in [1.165, 1.54) is 12.1 Å². The molecule has 28 heavy (non-hydrogen) atoms. The van der Waals surface area contributed by atoms with Gasteiger partial charge in [-0.2, -0.15) is 0 Å². The summed E-state index contributed by atoms with van der Waals surface area (Å²) in [7, 11) is 0. The highest BCUT2D eigenvalue weighted by atomic mass is 16.4. The first kappa shape index (κ1) is 19.4. The zero-order valence-corrected chi connectivity index (χ0v) is 15.4. The number of urea groups is 1. The smallest absolute Gasteiger partial charge is 0.335 e. The van der Waals surface area contributed by atoms with Crippen LogP contribution in [-0.2, 0) is 17.9 Å². The quantitative estimate of drug-likeness (QED) is 0.591. The third-order valence-electron chi connectivity index (χ3n) is 4.78. The topological polar surface area (TPSA) is 108 Å². The average molecular weight is 381 g/mol. The molecule has 1 saturated carbocycles. The summed E-state index contributed by atoms with van der Waals surface area (Å²) >= 11 is 0. The van der Waals surface area contributed by atoms with Crippen molar-refractivity contribution in [3.63, 3.8) is 0 Å². The summed E-state index contributed by atoms with van der Waals surface area (Å²) in [5.41, 5.74) is 2.63. The van der Waals surface area contributed by atoms with Crippen molar-refractivity contribution in [1.82, 2.24) is 10.6 Å². The van der Waals surface area contributed by atoms with Crippen LogP contribution in [0.4, 0.5) is 10.5 Å². The van der Waals surface area contributed by atoms with E-state index in [0.29, 0.717) is 13.1 Å². The summed E-state index contributed by atoms with van der Waals surface area (Å²) in [4.78, 5) is 34.8. The molecule has 0 saturated heterocycles. The van der Waals surface area contributed by atoms with Gasteiger partial charge in [-0.3, -0.25) is 4.79 Å². The highest BCUT2D eigenvalue weighted by Gasteiger charge is 2.25. The molecule has 0 heterocycles. The number of anilines is 1. The maximum Gasteiger partial charge on any atom is 0.335 e. The summed E-state index contributed by atoms with van der Waals surface area (Å²) in [5.74, 6) is -0.802. The zero-order chi connectivity index (χ0) is 19.9. The molecule has 3 rings (SSSR count). The highest BCUT2D eigenvalue weighted by Crippen LogP contribution is 2.27. The van der Waals surface area contributed by atoms with Crippen LogP contribution in [0.5, 0.6) is 0 Å². The Labute approximate surface area is 163 Å². The van der Waals surface area contributed by atoms with Gasteiger partial charge in [-0.1, -0.05) is 30.7 Å². The predicted molar refractivity (Wildman–Crippen MR) is 105 cm³/mol. The molecule has 3 amide bonds. The van der Waals surface area contributed by atoms with Crippen LogP contribution in [0.2, 0.25) is 0 Å². The molecule has 0 unspecified atom stereocenters. The number of carbonyl (C=O) groups is 3.